The summed E-state index contributed by atoms with van der Waals surface area (Å²) in [5.41, 5.74) is 0.989. The lowest BCUT2D eigenvalue weighted by molar-refractivity contribution is -0.136. The standard InChI is InChI=1S/C25H36N4O3/c30-20-7-3-6-19(20)27-24-26-13-18(22(29-24)15-4-1-2-5-15)23(31)28-21-16-8-14-9-17(21)12-25(32,10-14)11-16/h13-17,19-21,30,32H,1-12H2,(H,28,31)(H,26,27,29)/t14?,16?,17?,19-,20+,21-,25+/m0/s1. The molecule has 0 aromatic carbocycles. The third kappa shape index (κ3) is 3.71. The average molecular weight is 441 g/mol. The number of carbonyl (C=O) groups excluding carboxylic acids is 1. The van der Waals surface area contributed by atoms with Gasteiger partial charge in [-0.25, -0.2) is 9.97 Å². The summed E-state index contributed by atoms with van der Waals surface area (Å²) in [5, 5.41) is 27.7. The molecule has 32 heavy (non-hydrogen) atoms. The zero-order valence-electron chi connectivity index (χ0n) is 18.8. The van der Waals surface area contributed by atoms with Gasteiger partial charge in [-0.2, -0.15) is 0 Å². The van der Waals surface area contributed by atoms with Gasteiger partial charge in [0.25, 0.3) is 5.91 Å². The highest BCUT2D eigenvalue weighted by molar-refractivity contribution is 5.95. The maximum atomic E-state index is 13.5. The predicted octanol–water partition coefficient (Wildman–Crippen LogP) is 3.13. The molecule has 7 rings (SSSR count). The second-order valence-corrected chi connectivity index (χ2v) is 11.4. The first kappa shape index (κ1) is 20.8. The van der Waals surface area contributed by atoms with Crippen LogP contribution in [-0.4, -0.2) is 49.9 Å². The van der Waals surface area contributed by atoms with Crippen molar-refractivity contribution in [3.8, 4) is 0 Å². The highest BCUT2D eigenvalue weighted by Gasteiger charge is 2.55. The van der Waals surface area contributed by atoms with Crippen LogP contribution in [0.1, 0.15) is 99.0 Å². The van der Waals surface area contributed by atoms with E-state index in [1.54, 1.807) is 6.20 Å². The van der Waals surface area contributed by atoms with Crippen molar-refractivity contribution in [1.82, 2.24) is 15.3 Å². The summed E-state index contributed by atoms with van der Waals surface area (Å²) in [5.74, 6) is 2.17. The third-order valence-electron chi connectivity index (χ3n) is 9.14. The number of nitrogens with zero attached hydrogens (tertiary/aromatic N) is 2. The van der Waals surface area contributed by atoms with E-state index in [9.17, 15) is 15.0 Å². The minimum atomic E-state index is -0.492. The Bertz CT molecular complexity index is 870. The van der Waals surface area contributed by atoms with Crippen molar-refractivity contribution in [2.45, 2.75) is 107 Å². The molecule has 6 aliphatic carbocycles. The lowest BCUT2D eigenvalue weighted by Gasteiger charge is -2.58. The molecule has 1 aromatic heterocycles. The maximum Gasteiger partial charge on any atom is 0.254 e. The van der Waals surface area contributed by atoms with E-state index in [4.69, 9.17) is 4.98 Å². The molecule has 0 spiro atoms. The van der Waals surface area contributed by atoms with Crippen LogP contribution in [0.4, 0.5) is 5.95 Å². The number of aliphatic hydroxyl groups is 2. The van der Waals surface area contributed by atoms with Crippen molar-refractivity contribution in [2.75, 3.05) is 5.32 Å². The summed E-state index contributed by atoms with van der Waals surface area (Å²) in [6.07, 6.45) is 13.4. The molecule has 1 aromatic rings. The van der Waals surface area contributed by atoms with Crippen molar-refractivity contribution < 1.29 is 15.0 Å². The van der Waals surface area contributed by atoms with E-state index in [0.717, 1.165) is 69.9 Å². The number of rotatable bonds is 5. The second kappa shape index (κ2) is 7.94. The largest absolute Gasteiger partial charge is 0.391 e. The number of hydrogen-bond donors (Lipinski definition) is 4. The van der Waals surface area contributed by atoms with Gasteiger partial charge in [-0.3, -0.25) is 4.79 Å². The molecule has 6 fully saturated rings. The molecule has 1 heterocycles. The van der Waals surface area contributed by atoms with E-state index in [1.165, 1.54) is 12.8 Å². The number of carbonyl (C=O) groups is 1. The Balaban J connectivity index is 1.23. The first-order valence-corrected chi connectivity index (χ1v) is 12.8. The van der Waals surface area contributed by atoms with Crippen molar-refractivity contribution in [1.29, 1.82) is 0 Å². The molecule has 1 amide bonds. The van der Waals surface area contributed by atoms with Gasteiger partial charge in [0.1, 0.15) is 0 Å². The van der Waals surface area contributed by atoms with E-state index in [0.29, 0.717) is 35.2 Å². The smallest absolute Gasteiger partial charge is 0.254 e. The van der Waals surface area contributed by atoms with Crippen LogP contribution in [0.3, 0.4) is 0 Å². The summed E-state index contributed by atoms with van der Waals surface area (Å²) >= 11 is 0. The van der Waals surface area contributed by atoms with E-state index in [-0.39, 0.29) is 24.1 Å². The Labute approximate surface area is 189 Å². The third-order valence-corrected chi connectivity index (χ3v) is 9.14. The van der Waals surface area contributed by atoms with E-state index < -0.39 is 5.60 Å². The number of aliphatic hydroxyl groups excluding tert-OH is 1. The topological polar surface area (TPSA) is 107 Å². The maximum absolute atomic E-state index is 13.5. The van der Waals surface area contributed by atoms with Gasteiger partial charge in [-0.05, 0) is 82.0 Å². The molecule has 0 saturated heterocycles. The zero-order chi connectivity index (χ0) is 21.9. The quantitative estimate of drug-likeness (QED) is 0.560. The van der Waals surface area contributed by atoms with Gasteiger partial charge < -0.3 is 20.8 Å². The number of aromatic nitrogens is 2. The van der Waals surface area contributed by atoms with Crippen LogP contribution in [0.5, 0.6) is 0 Å². The Kier molecular flexibility index (Phi) is 5.17. The summed E-state index contributed by atoms with van der Waals surface area (Å²) < 4.78 is 0. The van der Waals surface area contributed by atoms with E-state index in [1.807, 2.05) is 0 Å². The van der Waals surface area contributed by atoms with Gasteiger partial charge >= 0.3 is 0 Å². The lowest BCUT2D eigenvalue weighted by Crippen LogP contribution is -2.61. The van der Waals surface area contributed by atoms with Gasteiger partial charge in [-0.1, -0.05) is 12.8 Å². The van der Waals surface area contributed by atoms with Crippen molar-refractivity contribution >= 4 is 11.9 Å². The Hall–Kier alpha value is -1.73. The van der Waals surface area contributed by atoms with E-state index in [2.05, 4.69) is 15.6 Å². The highest BCUT2D eigenvalue weighted by Crippen LogP contribution is 2.55. The van der Waals surface area contributed by atoms with Gasteiger partial charge in [0.05, 0.1) is 29.0 Å². The van der Waals surface area contributed by atoms with Crippen molar-refractivity contribution in [3.63, 3.8) is 0 Å². The fraction of sp³-hybridized carbons (Fsp3) is 0.800. The molecule has 0 radical (unpaired) electrons. The molecular weight excluding hydrogens is 404 g/mol. The first-order chi connectivity index (χ1) is 15.5. The number of amides is 1. The fourth-order valence-corrected chi connectivity index (χ4v) is 7.87. The average Bonchev–Trinajstić information content (AvgIpc) is 3.42. The Morgan fingerprint density at radius 3 is 2.44 bits per heavy atom. The molecule has 6 aliphatic rings. The lowest BCUT2D eigenvalue weighted by atomic mass is 9.52. The summed E-state index contributed by atoms with van der Waals surface area (Å²) in [6, 6.07) is 0.146. The molecule has 7 heteroatoms. The number of hydrogen-bond acceptors (Lipinski definition) is 6. The Morgan fingerprint density at radius 2 is 1.78 bits per heavy atom. The van der Waals surface area contributed by atoms with Crippen LogP contribution in [0, 0.1) is 17.8 Å². The molecule has 7 nitrogen and oxygen atoms in total. The summed E-state index contributed by atoms with van der Waals surface area (Å²) in [6.45, 7) is 0. The van der Waals surface area contributed by atoms with Crippen LogP contribution < -0.4 is 10.6 Å². The number of nitrogens with one attached hydrogen (secondary N) is 2. The van der Waals surface area contributed by atoms with Gasteiger partial charge in [0.2, 0.25) is 5.95 Å². The summed E-state index contributed by atoms with van der Waals surface area (Å²) in [4.78, 5) is 22.8. The fourth-order valence-electron chi connectivity index (χ4n) is 7.87. The SMILES string of the molecule is O=C(N[C@H]1C2CC3CC1C[C@@](O)(C3)C2)c1cnc(N[C@H]2CCC[C@H]2O)nc1C1CCCC1. The minimum absolute atomic E-state index is 0.00930. The van der Waals surface area contributed by atoms with Crippen LogP contribution in [0.2, 0.25) is 0 Å². The second-order valence-electron chi connectivity index (χ2n) is 11.4. The normalized spacial score (nSPS) is 40.7. The van der Waals surface area contributed by atoms with Gasteiger partial charge in [0, 0.05) is 18.2 Å². The van der Waals surface area contributed by atoms with Gasteiger partial charge in [0.15, 0.2) is 0 Å². The molecule has 0 aliphatic heterocycles. The molecule has 4 atom stereocenters. The first-order valence-electron chi connectivity index (χ1n) is 12.8. The molecule has 4 bridgehead atoms. The van der Waals surface area contributed by atoms with Crippen LogP contribution in [0.15, 0.2) is 6.20 Å². The minimum Gasteiger partial charge on any atom is -0.391 e. The van der Waals surface area contributed by atoms with Crippen LogP contribution >= 0.6 is 0 Å². The monoisotopic (exact) mass is 440 g/mol. The van der Waals surface area contributed by atoms with Crippen LogP contribution in [-0.2, 0) is 0 Å². The van der Waals surface area contributed by atoms with Crippen LogP contribution in [0.25, 0.3) is 0 Å². The predicted molar refractivity (Wildman–Crippen MR) is 120 cm³/mol. The van der Waals surface area contributed by atoms with E-state index >= 15 is 0 Å². The molecule has 2 unspecified atom stereocenters. The summed E-state index contributed by atoms with van der Waals surface area (Å²) in [7, 11) is 0. The highest BCUT2D eigenvalue weighted by atomic mass is 16.3. The molecule has 4 N–H and O–H groups in total. The molecule has 174 valence electrons. The van der Waals surface area contributed by atoms with Crippen molar-refractivity contribution in [3.05, 3.63) is 17.5 Å². The molecular formula is C25H36N4O3. The zero-order valence-corrected chi connectivity index (χ0v) is 18.8. The number of anilines is 1. The molecule has 6 saturated carbocycles. The van der Waals surface area contributed by atoms with Gasteiger partial charge in [-0.15, -0.1) is 0 Å². The Morgan fingerprint density at radius 1 is 1.03 bits per heavy atom. The van der Waals surface area contributed by atoms with Crippen molar-refractivity contribution in [2.24, 2.45) is 17.8 Å².